The van der Waals surface area contributed by atoms with Crippen LogP contribution >= 0.6 is 0 Å². The van der Waals surface area contributed by atoms with E-state index in [2.05, 4.69) is 28.9 Å². The Labute approximate surface area is 156 Å². The van der Waals surface area contributed by atoms with Gasteiger partial charge in [-0.15, -0.1) is 0 Å². The number of aryl methyl sites for hydroxylation is 1. The fourth-order valence-electron chi connectivity index (χ4n) is 2.84. The second-order valence-electron chi connectivity index (χ2n) is 6.15. The highest BCUT2D eigenvalue weighted by atomic mass is 16.6. The second kappa shape index (κ2) is 7.56. The van der Waals surface area contributed by atoms with E-state index in [0.717, 1.165) is 23.5 Å². The van der Waals surface area contributed by atoms with Crippen molar-refractivity contribution in [3.8, 4) is 23.3 Å². The van der Waals surface area contributed by atoms with Crippen molar-refractivity contribution in [2.24, 2.45) is 0 Å². The molecule has 7 heteroatoms. The maximum absolute atomic E-state index is 9.21. The van der Waals surface area contributed by atoms with Crippen LogP contribution in [0.3, 0.4) is 0 Å². The van der Waals surface area contributed by atoms with Gasteiger partial charge < -0.3 is 23.7 Å². The average Bonchev–Trinajstić information content (AvgIpc) is 3.35. The van der Waals surface area contributed by atoms with Gasteiger partial charge in [-0.05, 0) is 24.1 Å². The predicted molar refractivity (Wildman–Crippen MR) is 96.6 cm³/mol. The summed E-state index contributed by atoms with van der Waals surface area (Å²) in [6, 6.07) is 7.28. The third kappa shape index (κ3) is 3.81. The molecule has 0 bridgehead atoms. The number of aliphatic hydroxyl groups excluding tert-OH is 1. The van der Waals surface area contributed by atoms with Crippen molar-refractivity contribution >= 4 is 0 Å². The summed E-state index contributed by atoms with van der Waals surface area (Å²) >= 11 is 0. The molecule has 0 radical (unpaired) electrons. The first-order chi connectivity index (χ1) is 13.2. The number of nitrogens with zero attached hydrogens (tertiary/aromatic N) is 3. The van der Waals surface area contributed by atoms with Gasteiger partial charge in [-0.2, -0.15) is 0 Å². The van der Waals surface area contributed by atoms with E-state index in [1.54, 1.807) is 12.3 Å². The maximum Gasteiger partial charge on any atom is 0.210 e. The molecule has 1 aliphatic heterocycles. The zero-order chi connectivity index (χ0) is 18.6. The van der Waals surface area contributed by atoms with Crippen molar-refractivity contribution in [2.45, 2.75) is 26.0 Å². The quantitative estimate of drug-likeness (QED) is 0.712. The van der Waals surface area contributed by atoms with Crippen molar-refractivity contribution in [3.63, 3.8) is 0 Å². The van der Waals surface area contributed by atoms with E-state index in [1.165, 1.54) is 0 Å². The molecule has 0 saturated carbocycles. The molecule has 0 aliphatic carbocycles. The molecular weight excluding hydrogens is 346 g/mol. The molecule has 7 nitrogen and oxygen atoms in total. The van der Waals surface area contributed by atoms with E-state index in [1.807, 2.05) is 29.0 Å². The van der Waals surface area contributed by atoms with Gasteiger partial charge in [-0.25, -0.2) is 4.98 Å². The van der Waals surface area contributed by atoms with Gasteiger partial charge >= 0.3 is 0 Å². The zero-order valence-electron chi connectivity index (χ0n) is 14.9. The number of aliphatic hydroxyl groups is 1. The lowest BCUT2D eigenvalue weighted by molar-refractivity contribution is 0.0456. The molecule has 0 amide bonds. The van der Waals surface area contributed by atoms with Crippen LogP contribution in [-0.2, 0) is 13.0 Å². The largest absolute Gasteiger partial charge is 0.486 e. The van der Waals surface area contributed by atoms with E-state index < -0.39 is 0 Å². The lowest BCUT2D eigenvalue weighted by Crippen LogP contribution is -2.32. The summed E-state index contributed by atoms with van der Waals surface area (Å²) in [4.78, 5) is 4.30. The van der Waals surface area contributed by atoms with Gasteiger partial charge in [0.2, 0.25) is 5.76 Å². The predicted octanol–water partition coefficient (Wildman–Crippen LogP) is 2.01. The lowest BCUT2D eigenvalue weighted by atomic mass is 10.2. The van der Waals surface area contributed by atoms with Crippen LogP contribution in [0, 0.1) is 11.8 Å². The zero-order valence-corrected chi connectivity index (χ0v) is 14.9. The Hall–Kier alpha value is -3.24. The molecule has 1 unspecified atom stereocenters. The Morgan fingerprint density at radius 1 is 1.26 bits per heavy atom. The molecule has 1 atom stereocenters. The van der Waals surface area contributed by atoms with Gasteiger partial charge in [0.1, 0.15) is 18.1 Å². The third-order valence-corrected chi connectivity index (χ3v) is 4.20. The minimum absolute atomic E-state index is 0.0904. The number of imidazole rings is 1. The van der Waals surface area contributed by atoms with E-state index >= 15 is 0 Å². The molecule has 1 aromatic carbocycles. The molecular formula is C20H19N3O4. The summed E-state index contributed by atoms with van der Waals surface area (Å²) in [5.41, 5.74) is 1.55. The summed E-state index contributed by atoms with van der Waals surface area (Å²) in [5.74, 6) is 8.74. The Kier molecular flexibility index (Phi) is 4.81. The summed E-state index contributed by atoms with van der Waals surface area (Å²) in [6.07, 6.45) is 4.21. The maximum atomic E-state index is 9.21. The van der Waals surface area contributed by atoms with Gasteiger partial charge in [0.15, 0.2) is 17.6 Å². The minimum atomic E-state index is -0.353. The monoisotopic (exact) mass is 365 g/mol. The molecule has 0 saturated heterocycles. The molecule has 0 fully saturated rings. The topological polar surface area (TPSA) is 82.5 Å². The van der Waals surface area contributed by atoms with Crippen LogP contribution in [0.5, 0.6) is 11.5 Å². The van der Waals surface area contributed by atoms with Gasteiger partial charge in [0.05, 0.1) is 13.2 Å². The van der Waals surface area contributed by atoms with Gasteiger partial charge in [-0.1, -0.05) is 18.0 Å². The van der Waals surface area contributed by atoms with Crippen LogP contribution in [0.4, 0.5) is 0 Å². The molecule has 4 rings (SSSR count). The normalized spacial score (nSPS) is 15.3. The number of benzene rings is 1. The minimum Gasteiger partial charge on any atom is -0.486 e. The number of rotatable bonds is 4. The first kappa shape index (κ1) is 17.2. The highest BCUT2D eigenvalue weighted by Crippen LogP contribution is 2.32. The fourth-order valence-corrected chi connectivity index (χ4v) is 2.84. The van der Waals surface area contributed by atoms with Gasteiger partial charge in [-0.3, -0.25) is 0 Å². The van der Waals surface area contributed by atoms with Crippen LogP contribution in [0.1, 0.15) is 29.8 Å². The van der Waals surface area contributed by atoms with Crippen LogP contribution in [0.2, 0.25) is 0 Å². The summed E-state index contributed by atoms with van der Waals surface area (Å²) in [6.45, 7) is 2.91. The molecule has 3 heterocycles. The first-order valence-corrected chi connectivity index (χ1v) is 8.77. The lowest BCUT2D eigenvalue weighted by Gasteiger charge is -2.25. The standard InChI is InChI=1S/C20H19N3O4/c1-2-20-21-7-8-23(20)11-15-10-16(27-22-15)5-3-14-4-6-18-19(9-14)26-17(12-24)13-25-18/h4,6-10,17,24H,2,11-13H2,1H3. The number of hydrogen-bond acceptors (Lipinski definition) is 6. The second-order valence-corrected chi connectivity index (χ2v) is 6.15. The number of fused-ring (bicyclic) bond motifs is 1. The molecule has 0 spiro atoms. The highest BCUT2D eigenvalue weighted by Gasteiger charge is 2.20. The molecule has 3 aromatic rings. The van der Waals surface area contributed by atoms with Crippen molar-refractivity contribution in [2.75, 3.05) is 13.2 Å². The van der Waals surface area contributed by atoms with Crippen molar-refractivity contribution in [3.05, 3.63) is 59.5 Å². The van der Waals surface area contributed by atoms with E-state index in [4.69, 9.17) is 14.0 Å². The van der Waals surface area contributed by atoms with Crippen molar-refractivity contribution < 1.29 is 19.1 Å². The molecule has 1 aliphatic rings. The summed E-state index contributed by atoms with van der Waals surface area (Å²) in [7, 11) is 0. The van der Waals surface area contributed by atoms with E-state index in [-0.39, 0.29) is 12.7 Å². The smallest absolute Gasteiger partial charge is 0.210 e. The van der Waals surface area contributed by atoms with Gasteiger partial charge in [0.25, 0.3) is 0 Å². The van der Waals surface area contributed by atoms with Gasteiger partial charge in [0, 0.05) is 30.4 Å². The molecule has 2 aromatic heterocycles. The Morgan fingerprint density at radius 2 is 2.19 bits per heavy atom. The molecule has 27 heavy (non-hydrogen) atoms. The Balaban J connectivity index is 1.48. The highest BCUT2D eigenvalue weighted by molar-refractivity contribution is 5.50. The van der Waals surface area contributed by atoms with Crippen LogP contribution < -0.4 is 9.47 Å². The van der Waals surface area contributed by atoms with E-state index in [0.29, 0.717) is 30.4 Å². The number of hydrogen-bond donors (Lipinski definition) is 1. The van der Waals surface area contributed by atoms with Crippen molar-refractivity contribution in [1.29, 1.82) is 0 Å². The summed E-state index contributed by atoms with van der Waals surface area (Å²) < 4.78 is 18.6. The number of ether oxygens (including phenoxy) is 2. The Morgan fingerprint density at radius 3 is 3.04 bits per heavy atom. The third-order valence-electron chi connectivity index (χ3n) is 4.20. The van der Waals surface area contributed by atoms with Crippen LogP contribution in [-0.4, -0.2) is 39.1 Å². The van der Waals surface area contributed by atoms with Crippen LogP contribution in [0.15, 0.2) is 41.2 Å². The van der Waals surface area contributed by atoms with E-state index in [9.17, 15) is 5.11 Å². The first-order valence-electron chi connectivity index (χ1n) is 8.77. The van der Waals surface area contributed by atoms with Crippen LogP contribution in [0.25, 0.3) is 0 Å². The average molecular weight is 365 g/mol. The molecule has 138 valence electrons. The summed E-state index contributed by atoms with van der Waals surface area (Å²) in [5, 5.41) is 13.3. The molecule has 1 N–H and O–H groups in total. The Bertz CT molecular complexity index is 996. The van der Waals surface area contributed by atoms with Crippen molar-refractivity contribution in [1.82, 2.24) is 14.7 Å². The SMILES string of the molecule is CCc1nccn1Cc1cc(C#Cc2ccc3c(c2)OC(CO)CO3)on1. The number of aromatic nitrogens is 3. The fraction of sp³-hybridized carbons (Fsp3) is 0.300.